The molecule has 10 heteroatoms. The molecule has 15 heavy (non-hydrogen) atoms. The first-order valence-electron chi connectivity index (χ1n) is 3.18. The van der Waals surface area contributed by atoms with Crippen molar-refractivity contribution in [1.82, 2.24) is 0 Å². The van der Waals surface area contributed by atoms with Gasteiger partial charge in [0.05, 0.1) is 13.2 Å². The highest BCUT2D eigenvalue weighted by Gasteiger charge is 2.12. The lowest BCUT2D eigenvalue weighted by Crippen LogP contribution is -1.85. The molecule has 0 aromatic carbocycles. The molecule has 0 fully saturated rings. The summed E-state index contributed by atoms with van der Waals surface area (Å²) in [5.41, 5.74) is 0. The third kappa shape index (κ3) is 61.5. The van der Waals surface area contributed by atoms with E-state index in [0.29, 0.717) is 0 Å². The maximum Gasteiger partial charge on any atom is 0.500 e. The van der Waals surface area contributed by atoms with Crippen LogP contribution in [-0.4, -0.2) is 44.3 Å². The fraction of sp³-hybridized carbons (Fsp3) is 0.400. The second kappa shape index (κ2) is 13.2. The number of carbonyl (C=O) groups is 1. The number of phosphoric acid groups is 1. The average molecular weight is 250 g/mol. The largest absolute Gasteiger partial charge is 0.500 e. The summed E-state index contributed by atoms with van der Waals surface area (Å²) in [5.74, 6) is -0.981. The lowest BCUT2D eigenvalue weighted by atomic mass is 10.7. The number of aliphatic carboxylic acids is 1. The predicted octanol–water partition coefficient (Wildman–Crippen LogP) is -0.792. The normalized spacial score (nSPS) is 8.87. The van der Waals surface area contributed by atoms with Crippen molar-refractivity contribution in [3.05, 3.63) is 12.7 Å². The molecule has 0 aliphatic rings. The van der Waals surface area contributed by atoms with Crippen LogP contribution in [0.3, 0.4) is 0 Å². The summed E-state index contributed by atoms with van der Waals surface area (Å²) >= 11 is 0. The van der Waals surface area contributed by atoms with Crippen molar-refractivity contribution < 1.29 is 43.7 Å². The highest BCUT2D eigenvalue weighted by Crippen LogP contribution is 2.35. The molecule has 0 saturated carbocycles. The molecule has 0 rings (SSSR count). The Morgan fingerprint density at radius 2 is 1.60 bits per heavy atom. The topological polar surface area (TPSA) is 145 Å². The molecule has 0 radical (unpaired) electrons. The minimum absolute atomic E-state index is 0.125. The van der Waals surface area contributed by atoms with Crippen LogP contribution < -0.4 is 0 Å². The molecular weight excluding hydrogens is 238 g/mol. The van der Waals surface area contributed by atoms with E-state index in [9.17, 15) is 9.32 Å². The molecule has 0 bridgehead atoms. The van der Waals surface area contributed by atoms with E-state index in [4.69, 9.17) is 29.7 Å². The van der Waals surface area contributed by atoms with Gasteiger partial charge in [-0.15, -0.1) is 0 Å². The zero-order valence-electron chi connectivity index (χ0n) is 7.48. The second-order valence-corrected chi connectivity index (χ2v) is 2.67. The van der Waals surface area contributed by atoms with E-state index >= 15 is 0 Å². The molecule has 0 aromatic rings. The Morgan fingerprint density at radius 1 is 1.40 bits per heavy atom. The number of hydrogen-bond acceptors (Lipinski definition) is 5. The fourth-order valence-electron chi connectivity index (χ4n) is 0. The number of hydrogen-bond donors (Lipinski definition) is 5. The van der Waals surface area contributed by atoms with Gasteiger partial charge in [-0.2, -0.15) is 0 Å². The molecular formula is C5H12FO8P. The Labute approximate surface area is 84.4 Å². The highest BCUT2D eigenvalue weighted by atomic mass is 31.2. The number of rotatable bonds is 3. The first-order chi connectivity index (χ1) is 6.74. The van der Waals surface area contributed by atoms with Gasteiger partial charge in [-0.05, 0) is 4.53 Å². The third-order valence-electron chi connectivity index (χ3n) is 0.365. The lowest BCUT2D eigenvalue weighted by Gasteiger charge is -1.87. The van der Waals surface area contributed by atoms with Gasteiger partial charge in [-0.25, -0.2) is 9.36 Å². The Kier molecular flexibility index (Phi) is 17.3. The first kappa shape index (κ1) is 19.7. The van der Waals surface area contributed by atoms with Crippen molar-refractivity contribution in [2.75, 3.05) is 13.2 Å². The highest BCUT2D eigenvalue weighted by molar-refractivity contribution is 7.46. The predicted molar refractivity (Wildman–Crippen MR) is 46.2 cm³/mol. The van der Waals surface area contributed by atoms with Crippen LogP contribution in [0, 0.1) is 0 Å². The van der Waals surface area contributed by atoms with E-state index in [-0.39, 0.29) is 13.2 Å². The van der Waals surface area contributed by atoms with E-state index in [1.54, 1.807) is 0 Å². The zero-order valence-corrected chi connectivity index (χ0v) is 8.38. The maximum atomic E-state index is 10.2. The lowest BCUT2D eigenvalue weighted by molar-refractivity contribution is -0.131. The standard InChI is InChI=1S/C3H4O2.C2H6O2.FH2O4P/c1-2-3(4)5;3-1-2-4;1-5-6(2,3)4/h2H,1H2,(H,4,5);3-4H,1-2H2;(H2,2,3,4). The summed E-state index contributed by atoms with van der Waals surface area (Å²) in [5, 5.41) is 22.9. The van der Waals surface area contributed by atoms with Crippen LogP contribution in [0.5, 0.6) is 0 Å². The quantitative estimate of drug-likeness (QED) is 0.323. The third-order valence-corrected chi connectivity index (χ3v) is 0.544. The number of aliphatic hydroxyl groups excluding tert-OH is 2. The van der Waals surface area contributed by atoms with Crippen molar-refractivity contribution in [2.24, 2.45) is 0 Å². The molecule has 0 saturated heterocycles. The zero-order chi connectivity index (χ0) is 12.9. The molecule has 5 N–H and O–H groups in total. The van der Waals surface area contributed by atoms with E-state index in [2.05, 4.69) is 11.3 Å². The molecule has 0 unspecified atom stereocenters. The van der Waals surface area contributed by atoms with Crippen LogP contribution in [0.25, 0.3) is 0 Å². The van der Waals surface area contributed by atoms with Crippen molar-refractivity contribution >= 4 is 13.8 Å². The smallest absolute Gasteiger partial charge is 0.478 e. The number of aliphatic hydroxyl groups is 2. The van der Waals surface area contributed by atoms with Crippen molar-refractivity contribution in [3.63, 3.8) is 0 Å². The van der Waals surface area contributed by atoms with Gasteiger partial charge in [-0.3, -0.25) is 0 Å². The van der Waals surface area contributed by atoms with Crippen LogP contribution >= 0.6 is 7.82 Å². The van der Waals surface area contributed by atoms with Gasteiger partial charge in [0.15, 0.2) is 0 Å². The second-order valence-electron chi connectivity index (χ2n) is 1.55. The molecule has 8 nitrogen and oxygen atoms in total. The van der Waals surface area contributed by atoms with Gasteiger partial charge in [0.1, 0.15) is 0 Å². The minimum atomic E-state index is -4.81. The van der Waals surface area contributed by atoms with Gasteiger partial charge in [0.25, 0.3) is 0 Å². The molecule has 0 aromatic heterocycles. The summed E-state index contributed by atoms with van der Waals surface area (Å²) in [4.78, 5) is 23.9. The fourth-order valence-corrected chi connectivity index (χ4v) is 0. The number of carboxylic acids is 1. The van der Waals surface area contributed by atoms with Crippen LogP contribution in [0.4, 0.5) is 4.53 Å². The summed E-state index contributed by atoms with van der Waals surface area (Å²) < 4.78 is 21.4. The van der Waals surface area contributed by atoms with Crippen molar-refractivity contribution in [3.8, 4) is 0 Å². The monoisotopic (exact) mass is 250 g/mol. The van der Waals surface area contributed by atoms with Gasteiger partial charge < -0.3 is 25.1 Å². The van der Waals surface area contributed by atoms with Gasteiger partial charge >= 0.3 is 13.8 Å². The summed E-state index contributed by atoms with van der Waals surface area (Å²) in [7, 11) is -4.81. The molecule has 0 aliphatic heterocycles. The Morgan fingerprint density at radius 3 is 1.60 bits per heavy atom. The number of carboxylic acid groups (broad SMARTS) is 1. The van der Waals surface area contributed by atoms with Crippen LogP contribution in [0.2, 0.25) is 0 Å². The molecule has 0 atom stereocenters. The summed E-state index contributed by atoms with van der Waals surface area (Å²) in [6.07, 6.45) is 0.833. The molecule has 0 spiro atoms. The van der Waals surface area contributed by atoms with Gasteiger partial charge in [0.2, 0.25) is 0 Å². The Balaban J connectivity index is -0.000000147. The number of halogens is 1. The van der Waals surface area contributed by atoms with Gasteiger partial charge in [0, 0.05) is 6.08 Å². The van der Waals surface area contributed by atoms with E-state index in [1.807, 2.05) is 0 Å². The van der Waals surface area contributed by atoms with Crippen LogP contribution in [0.1, 0.15) is 0 Å². The molecule has 0 heterocycles. The summed E-state index contributed by atoms with van der Waals surface area (Å²) in [6, 6.07) is 0. The van der Waals surface area contributed by atoms with Crippen molar-refractivity contribution in [2.45, 2.75) is 0 Å². The van der Waals surface area contributed by atoms with E-state index in [1.165, 1.54) is 0 Å². The Bertz CT molecular complexity index is 199. The average Bonchev–Trinajstić information content (AvgIpc) is 2.18. The molecule has 0 amide bonds. The Hall–Kier alpha value is -0.830. The first-order valence-corrected chi connectivity index (χ1v) is 4.71. The summed E-state index contributed by atoms with van der Waals surface area (Å²) in [6.45, 7) is 2.71. The SMILES string of the molecule is C=CC(=O)O.O=P(O)(O)OF.OCCO. The van der Waals surface area contributed by atoms with E-state index in [0.717, 1.165) is 6.08 Å². The molecule has 0 aliphatic carbocycles. The van der Waals surface area contributed by atoms with Gasteiger partial charge in [-0.1, -0.05) is 11.3 Å². The van der Waals surface area contributed by atoms with Crippen molar-refractivity contribution in [1.29, 1.82) is 0 Å². The maximum absolute atomic E-state index is 10.2. The minimum Gasteiger partial charge on any atom is -0.478 e. The van der Waals surface area contributed by atoms with E-state index < -0.39 is 13.8 Å². The van der Waals surface area contributed by atoms with Crippen LogP contribution in [0.15, 0.2) is 12.7 Å². The molecule has 92 valence electrons. The van der Waals surface area contributed by atoms with Crippen LogP contribution in [-0.2, 0) is 14.1 Å².